The van der Waals surface area contributed by atoms with Crippen LogP contribution in [0.3, 0.4) is 0 Å². The Labute approximate surface area is 98.2 Å². The van der Waals surface area contributed by atoms with Gasteiger partial charge in [-0.05, 0) is 26.0 Å². The Hall–Kier alpha value is -1.55. The molecular weight excluding hydrogens is 223 g/mol. The molecule has 0 saturated heterocycles. The van der Waals surface area contributed by atoms with Crippen molar-refractivity contribution < 1.29 is 4.39 Å². The lowest BCUT2D eigenvalue weighted by atomic mass is 10.2. The van der Waals surface area contributed by atoms with E-state index in [4.69, 9.17) is 12.2 Å². The van der Waals surface area contributed by atoms with Crippen molar-refractivity contribution in [2.75, 3.05) is 0 Å². The van der Waals surface area contributed by atoms with Gasteiger partial charge in [0.25, 0.3) is 0 Å². The van der Waals surface area contributed by atoms with Crippen LogP contribution in [0.15, 0.2) is 24.3 Å². The molecule has 16 heavy (non-hydrogen) atoms. The van der Waals surface area contributed by atoms with E-state index < -0.39 is 0 Å². The summed E-state index contributed by atoms with van der Waals surface area (Å²) in [6.45, 7) is 3.84. The van der Waals surface area contributed by atoms with Crippen molar-refractivity contribution in [2.24, 2.45) is 0 Å². The summed E-state index contributed by atoms with van der Waals surface area (Å²) < 4.78 is 13.6. The number of rotatable bonds is 1. The predicted octanol–water partition coefficient (Wildman–Crippen LogP) is 3.56. The minimum atomic E-state index is -0.281. The fourth-order valence-electron chi connectivity index (χ4n) is 1.42. The second kappa shape index (κ2) is 4.14. The first-order chi connectivity index (χ1) is 7.58. The maximum absolute atomic E-state index is 13.1. The summed E-state index contributed by atoms with van der Waals surface area (Å²) >= 11 is 5.14. The van der Waals surface area contributed by atoms with Gasteiger partial charge < -0.3 is 4.98 Å². The van der Waals surface area contributed by atoms with Crippen molar-refractivity contribution in [3.63, 3.8) is 0 Å². The molecule has 0 unspecified atom stereocenters. The molecule has 0 aliphatic rings. The SMILES string of the molecule is Cc1[nH]c(-c2cccc(F)c2)nc(=S)c1C. The molecule has 0 aliphatic heterocycles. The van der Waals surface area contributed by atoms with Gasteiger partial charge in [0.15, 0.2) is 0 Å². The number of nitrogens with one attached hydrogen (secondary N) is 1. The highest BCUT2D eigenvalue weighted by Gasteiger charge is 2.04. The van der Waals surface area contributed by atoms with Crippen LogP contribution >= 0.6 is 12.2 Å². The number of H-pyrrole nitrogens is 1. The zero-order valence-electron chi connectivity index (χ0n) is 9.04. The van der Waals surface area contributed by atoms with E-state index in [9.17, 15) is 4.39 Å². The molecule has 0 saturated carbocycles. The van der Waals surface area contributed by atoms with Gasteiger partial charge in [0, 0.05) is 16.8 Å². The van der Waals surface area contributed by atoms with Crippen molar-refractivity contribution in [2.45, 2.75) is 13.8 Å². The lowest BCUT2D eigenvalue weighted by molar-refractivity contribution is 0.628. The molecule has 0 aliphatic carbocycles. The Morgan fingerprint density at radius 1 is 1.31 bits per heavy atom. The van der Waals surface area contributed by atoms with Gasteiger partial charge in [0.05, 0.1) is 0 Å². The highest BCUT2D eigenvalue weighted by Crippen LogP contribution is 2.17. The van der Waals surface area contributed by atoms with E-state index in [1.54, 1.807) is 12.1 Å². The molecule has 0 amide bonds. The first kappa shape index (κ1) is 11.0. The predicted molar refractivity (Wildman–Crippen MR) is 64.3 cm³/mol. The molecule has 0 fully saturated rings. The molecule has 0 bridgehead atoms. The number of nitrogens with zero attached hydrogens (tertiary/aromatic N) is 1. The van der Waals surface area contributed by atoms with Crippen LogP contribution in [0.1, 0.15) is 11.3 Å². The van der Waals surface area contributed by atoms with Gasteiger partial charge in [-0.25, -0.2) is 9.37 Å². The van der Waals surface area contributed by atoms with E-state index in [1.165, 1.54) is 12.1 Å². The molecule has 2 aromatic rings. The molecule has 2 rings (SSSR count). The Bertz CT molecular complexity index is 590. The van der Waals surface area contributed by atoms with E-state index in [0.717, 1.165) is 11.3 Å². The fourth-order valence-corrected chi connectivity index (χ4v) is 1.66. The van der Waals surface area contributed by atoms with Crippen LogP contribution in [0.4, 0.5) is 4.39 Å². The second-order valence-corrected chi connectivity index (χ2v) is 4.04. The van der Waals surface area contributed by atoms with E-state index in [-0.39, 0.29) is 5.82 Å². The molecular formula is C12H11FN2S. The lowest BCUT2D eigenvalue weighted by Gasteiger charge is -2.05. The topological polar surface area (TPSA) is 28.7 Å². The van der Waals surface area contributed by atoms with Gasteiger partial charge in [-0.3, -0.25) is 0 Å². The van der Waals surface area contributed by atoms with Crippen LogP contribution < -0.4 is 0 Å². The first-order valence-electron chi connectivity index (χ1n) is 4.91. The quantitative estimate of drug-likeness (QED) is 0.764. The minimum absolute atomic E-state index is 0.281. The largest absolute Gasteiger partial charge is 0.343 e. The van der Waals surface area contributed by atoms with Crippen LogP contribution in [0.25, 0.3) is 11.4 Å². The monoisotopic (exact) mass is 234 g/mol. The Kier molecular flexibility index (Phi) is 2.83. The summed E-state index contributed by atoms with van der Waals surface area (Å²) in [7, 11) is 0. The van der Waals surface area contributed by atoms with Gasteiger partial charge in [-0.1, -0.05) is 24.4 Å². The van der Waals surface area contributed by atoms with Gasteiger partial charge in [0.1, 0.15) is 16.3 Å². The van der Waals surface area contributed by atoms with E-state index in [1.807, 2.05) is 13.8 Å². The number of halogens is 1. The number of aromatic nitrogens is 2. The molecule has 4 heteroatoms. The number of benzene rings is 1. The van der Waals surface area contributed by atoms with E-state index in [0.29, 0.717) is 16.0 Å². The number of aryl methyl sites for hydroxylation is 1. The lowest BCUT2D eigenvalue weighted by Crippen LogP contribution is -1.96. The molecule has 0 spiro atoms. The Morgan fingerprint density at radius 3 is 2.69 bits per heavy atom. The zero-order valence-corrected chi connectivity index (χ0v) is 9.86. The van der Waals surface area contributed by atoms with Crippen LogP contribution in [0.5, 0.6) is 0 Å². The third kappa shape index (κ3) is 2.02. The Balaban J connectivity index is 2.61. The average Bonchev–Trinajstić information content (AvgIpc) is 2.25. The van der Waals surface area contributed by atoms with Gasteiger partial charge >= 0.3 is 0 Å². The van der Waals surface area contributed by atoms with Gasteiger partial charge in [-0.2, -0.15) is 0 Å². The summed E-state index contributed by atoms with van der Waals surface area (Å²) in [4.78, 5) is 7.35. The molecule has 1 aromatic heterocycles. The van der Waals surface area contributed by atoms with Crippen molar-refractivity contribution in [3.8, 4) is 11.4 Å². The number of hydrogen-bond donors (Lipinski definition) is 1. The summed E-state index contributed by atoms with van der Waals surface area (Å²) in [6, 6.07) is 6.28. The number of aromatic amines is 1. The normalized spacial score (nSPS) is 10.4. The third-order valence-electron chi connectivity index (χ3n) is 2.50. The van der Waals surface area contributed by atoms with Crippen molar-refractivity contribution in [1.29, 1.82) is 0 Å². The molecule has 1 aromatic carbocycles. The van der Waals surface area contributed by atoms with Crippen LogP contribution in [0.2, 0.25) is 0 Å². The van der Waals surface area contributed by atoms with Crippen molar-refractivity contribution in [1.82, 2.24) is 9.97 Å². The molecule has 1 N–H and O–H groups in total. The molecule has 2 nitrogen and oxygen atoms in total. The van der Waals surface area contributed by atoms with E-state index in [2.05, 4.69) is 9.97 Å². The number of hydrogen-bond acceptors (Lipinski definition) is 2. The summed E-state index contributed by atoms with van der Waals surface area (Å²) in [5.41, 5.74) is 2.61. The zero-order chi connectivity index (χ0) is 11.7. The van der Waals surface area contributed by atoms with Gasteiger partial charge in [-0.15, -0.1) is 0 Å². The molecule has 1 heterocycles. The smallest absolute Gasteiger partial charge is 0.139 e. The molecule has 0 radical (unpaired) electrons. The summed E-state index contributed by atoms with van der Waals surface area (Å²) in [5.74, 6) is 0.324. The van der Waals surface area contributed by atoms with Crippen LogP contribution in [-0.2, 0) is 0 Å². The van der Waals surface area contributed by atoms with Gasteiger partial charge in [0.2, 0.25) is 0 Å². The minimum Gasteiger partial charge on any atom is -0.343 e. The highest BCUT2D eigenvalue weighted by atomic mass is 32.1. The molecule has 82 valence electrons. The maximum Gasteiger partial charge on any atom is 0.139 e. The van der Waals surface area contributed by atoms with Crippen molar-refractivity contribution in [3.05, 3.63) is 46.0 Å². The highest BCUT2D eigenvalue weighted by molar-refractivity contribution is 7.71. The third-order valence-corrected chi connectivity index (χ3v) is 2.90. The fraction of sp³-hybridized carbons (Fsp3) is 0.167. The van der Waals surface area contributed by atoms with E-state index >= 15 is 0 Å². The molecule has 0 atom stereocenters. The average molecular weight is 234 g/mol. The standard InChI is InChI=1S/C12H11FN2S/c1-7-8(2)14-11(15-12(7)16)9-4-3-5-10(13)6-9/h3-6H,1-2H3,(H,14,15,16). The maximum atomic E-state index is 13.1. The van der Waals surface area contributed by atoms with Crippen LogP contribution in [-0.4, -0.2) is 9.97 Å². The first-order valence-corrected chi connectivity index (χ1v) is 5.32. The second-order valence-electron chi connectivity index (χ2n) is 3.65. The summed E-state index contributed by atoms with van der Waals surface area (Å²) in [6.07, 6.45) is 0. The Morgan fingerprint density at radius 2 is 2.06 bits per heavy atom. The van der Waals surface area contributed by atoms with Crippen LogP contribution in [0, 0.1) is 24.3 Å². The van der Waals surface area contributed by atoms with Crippen molar-refractivity contribution >= 4 is 12.2 Å². The summed E-state index contributed by atoms with van der Waals surface area (Å²) in [5, 5.41) is 0.